The summed E-state index contributed by atoms with van der Waals surface area (Å²) in [5, 5.41) is 3.26. The van der Waals surface area contributed by atoms with Gasteiger partial charge >= 0.3 is 6.03 Å². The number of benzene rings is 1. The van der Waals surface area contributed by atoms with Crippen LogP contribution in [0.15, 0.2) is 18.2 Å². The number of urea groups is 1. The molecular weight excluding hydrogens is 277 g/mol. The number of anilines is 1. The molecule has 98 valence electrons. The van der Waals surface area contributed by atoms with E-state index in [1.165, 1.54) is 6.07 Å². The molecule has 18 heavy (non-hydrogen) atoms. The Morgan fingerprint density at radius 2 is 1.83 bits per heavy atom. The van der Waals surface area contributed by atoms with Gasteiger partial charge in [-0.25, -0.2) is 10.2 Å². The Bertz CT molecular complexity index is 464. The molecule has 0 heterocycles. The van der Waals surface area contributed by atoms with Gasteiger partial charge < -0.3 is 5.32 Å². The number of nitrogens with one attached hydrogen (secondary N) is 3. The lowest BCUT2D eigenvalue weighted by Crippen LogP contribution is -2.45. The van der Waals surface area contributed by atoms with E-state index in [2.05, 4.69) is 16.2 Å². The maximum atomic E-state index is 11.4. The number of hydrogen-bond donors (Lipinski definition) is 3. The van der Waals surface area contributed by atoms with Crippen LogP contribution in [0.4, 0.5) is 10.5 Å². The zero-order valence-electron chi connectivity index (χ0n) is 9.88. The molecule has 0 aliphatic carbocycles. The highest BCUT2D eigenvalue weighted by Crippen LogP contribution is 2.25. The Labute approximate surface area is 115 Å². The SMILES string of the molecule is CC(C)C(=O)NNC(=O)Nc1ccc(Cl)cc1Cl. The molecule has 0 atom stereocenters. The molecule has 1 rings (SSSR count). The summed E-state index contributed by atoms with van der Waals surface area (Å²) in [5.74, 6) is -0.503. The van der Waals surface area contributed by atoms with Gasteiger partial charge in [-0.2, -0.15) is 0 Å². The van der Waals surface area contributed by atoms with Crippen molar-refractivity contribution < 1.29 is 9.59 Å². The maximum Gasteiger partial charge on any atom is 0.337 e. The molecular formula is C11H13Cl2N3O2. The highest BCUT2D eigenvalue weighted by atomic mass is 35.5. The second kappa shape index (κ2) is 6.47. The van der Waals surface area contributed by atoms with Crippen molar-refractivity contribution in [2.75, 3.05) is 5.32 Å². The second-order valence-corrected chi connectivity index (χ2v) is 4.69. The average Bonchev–Trinajstić information content (AvgIpc) is 2.29. The molecule has 7 heteroatoms. The Morgan fingerprint density at radius 1 is 1.17 bits per heavy atom. The van der Waals surface area contributed by atoms with Crippen molar-refractivity contribution in [1.82, 2.24) is 10.9 Å². The molecule has 3 amide bonds. The fourth-order valence-corrected chi connectivity index (χ4v) is 1.46. The summed E-state index contributed by atoms with van der Waals surface area (Å²) < 4.78 is 0. The van der Waals surface area contributed by atoms with Crippen molar-refractivity contribution in [3.8, 4) is 0 Å². The van der Waals surface area contributed by atoms with Gasteiger partial charge in [-0.1, -0.05) is 37.0 Å². The first-order valence-corrected chi connectivity index (χ1v) is 5.97. The summed E-state index contributed by atoms with van der Waals surface area (Å²) in [4.78, 5) is 22.7. The molecule has 0 aromatic heterocycles. The van der Waals surface area contributed by atoms with Crippen molar-refractivity contribution in [3.05, 3.63) is 28.2 Å². The van der Waals surface area contributed by atoms with Crippen LogP contribution in [-0.4, -0.2) is 11.9 Å². The van der Waals surface area contributed by atoms with E-state index in [-0.39, 0.29) is 11.8 Å². The molecule has 1 aromatic carbocycles. The largest absolute Gasteiger partial charge is 0.337 e. The van der Waals surface area contributed by atoms with Gasteiger partial charge in [-0.15, -0.1) is 0 Å². The summed E-state index contributed by atoms with van der Waals surface area (Å²) in [6, 6.07) is 4.07. The van der Waals surface area contributed by atoms with Gasteiger partial charge in [0.25, 0.3) is 0 Å². The molecule has 0 saturated carbocycles. The standard InChI is InChI=1S/C11H13Cl2N3O2/c1-6(2)10(17)15-16-11(18)14-9-4-3-7(12)5-8(9)13/h3-6H,1-2H3,(H,15,17)(H2,14,16,18). The lowest BCUT2D eigenvalue weighted by atomic mass is 10.2. The zero-order valence-corrected chi connectivity index (χ0v) is 11.4. The Morgan fingerprint density at radius 3 is 2.39 bits per heavy atom. The third kappa shape index (κ3) is 4.43. The van der Waals surface area contributed by atoms with Gasteiger partial charge in [-0.05, 0) is 18.2 Å². The quantitative estimate of drug-likeness (QED) is 0.733. The minimum absolute atomic E-state index is 0.218. The van der Waals surface area contributed by atoms with Crippen molar-refractivity contribution in [1.29, 1.82) is 0 Å². The van der Waals surface area contributed by atoms with Gasteiger partial charge in [0.2, 0.25) is 5.91 Å². The van der Waals surface area contributed by atoms with Crippen molar-refractivity contribution in [3.63, 3.8) is 0 Å². The minimum Gasteiger partial charge on any atom is -0.305 e. The molecule has 3 N–H and O–H groups in total. The molecule has 0 spiro atoms. The van der Waals surface area contributed by atoms with Crippen LogP contribution in [0.1, 0.15) is 13.8 Å². The van der Waals surface area contributed by atoms with Crippen LogP contribution < -0.4 is 16.2 Å². The highest BCUT2D eigenvalue weighted by Gasteiger charge is 2.09. The van der Waals surface area contributed by atoms with E-state index < -0.39 is 6.03 Å². The maximum absolute atomic E-state index is 11.4. The monoisotopic (exact) mass is 289 g/mol. The first-order valence-electron chi connectivity index (χ1n) is 5.22. The number of hydrogen-bond acceptors (Lipinski definition) is 2. The topological polar surface area (TPSA) is 70.2 Å². The predicted octanol–water partition coefficient (Wildman–Crippen LogP) is 2.80. The smallest absolute Gasteiger partial charge is 0.305 e. The minimum atomic E-state index is -0.590. The van der Waals surface area contributed by atoms with Crippen LogP contribution in [0, 0.1) is 5.92 Å². The first kappa shape index (κ1) is 14.6. The Balaban J connectivity index is 2.52. The van der Waals surface area contributed by atoms with E-state index in [9.17, 15) is 9.59 Å². The molecule has 0 saturated heterocycles. The molecule has 5 nitrogen and oxygen atoms in total. The number of amides is 3. The normalized spacial score (nSPS) is 10.1. The molecule has 0 unspecified atom stereocenters. The van der Waals surface area contributed by atoms with Gasteiger partial charge in [-0.3, -0.25) is 10.2 Å². The molecule has 0 aliphatic heterocycles. The van der Waals surface area contributed by atoms with Gasteiger partial charge in [0, 0.05) is 10.9 Å². The van der Waals surface area contributed by atoms with E-state index in [0.717, 1.165) is 0 Å². The van der Waals surface area contributed by atoms with Crippen molar-refractivity contribution in [2.45, 2.75) is 13.8 Å². The van der Waals surface area contributed by atoms with Crippen LogP contribution in [0.3, 0.4) is 0 Å². The number of carbonyl (C=O) groups is 2. The highest BCUT2D eigenvalue weighted by molar-refractivity contribution is 6.36. The zero-order chi connectivity index (χ0) is 13.7. The predicted molar refractivity (Wildman–Crippen MR) is 71.6 cm³/mol. The number of hydrazine groups is 1. The molecule has 0 aliphatic rings. The Hall–Kier alpha value is -1.46. The van der Waals surface area contributed by atoms with Gasteiger partial charge in [0.15, 0.2) is 0 Å². The summed E-state index contributed by atoms with van der Waals surface area (Å²) >= 11 is 11.6. The van der Waals surface area contributed by atoms with Crippen LogP contribution in [0.25, 0.3) is 0 Å². The van der Waals surface area contributed by atoms with E-state index in [4.69, 9.17) is 23.2 Å². The first-order chi connectivity index (χ1) is 8.40. The van der Waals surface area contributed by atoms with Crippen molar-refractivity contribution in [2.24, 2.45) is 5.92 Å². The van der Waals surface area contributed by atoms with Crippen LogP contribution in [-0.2, 0) is 4.79 Å². The number of halogens is 2. The van der Waals surface area contributed by atoms with Gasteiger partial charge in [0.1, 0.15) is 0 Å². The third-order valence-electron chi connectivity index (χ3n) is 2.00. The summed E-state index contributed by atoms with van der Waals surface area (Å²) in [6.07, 6.45) is 0. The van der Waals surface area contributed by atoms with E-state index >= 15 is 0 Å². The third-order valence-corrected chi connectivity index (χ3v) is 2.55. The lowest BCUT2D eigenvalue weighted by Gasteiger charge is -2.11. The summed E-state index contributed by atoms with van der Waals surface area (Å²) in [5.41, 5.74) is 4.88. The van der Waals surface area contributed by atoms with Crippen LogP contribution in [0.5, 0.6) is 0 Å². The Kier molecular flexibility index (Phi) is 5.25. The summed E-state index contributed by atoms with van der Waals surface area (Å²) in [6.45, 7) is 3.43. The van der Waals surface area contributed by atoms with Gasteiger partial charge in [0.05, 0.1) is 10.7 Å². The number of carbonyl (C=O) groups excluding carboxylic acids is 2. The van der Waals surface area contributed by atoms with E-state index in [1.54, 1.807) is 26.0 Å². The van der Waals surface area contributed by atoms with E-state index in [1.807, 2.05) is 0 Å². The molecule has 0 radical (unpaired) electrons. The average molecular weight is 290 g/mol. The second-order valence-electron chi connectivity index (χ2n) is 3.85. The fraction of sp³-hybridized carbons (Fsp3) is 0.273. The lowest BCUT2D eigenvalue weighted by molar-refractivity contribution is -0.124. The van der Waals surface area contributed by atoms with E-state index in [0.29, 0.717) is 15.7 Å². The number of rotatable bonds is 2. The van der Waals surface area contributed by atoms with Crippen LogP contribution in [0.2, 0.25) is 10.0 Å². The fourth-order valence-electron chi connectivity index (χ4n) is 1.01. The molecule has 0 fully saturated rings. The molecule has 0 bridgehead atoms. The molecule has 1 aromatic rings. The summed E-state index contributed by atoms with van der Waals surface area (Å²) in [7, 11) is 0. The van der Waals surface area contributed by atoms with Crippen LogP contribution >= 0.6 is 23.2 Å². The van der Waals surface area contributed by atoms with Crippen molar-refractivity contribution >= 4 is 40.8 Å².